The Morgan fingerprint density at radius 1 is 0.923 bits per heavy atom. The second-order valence-electron chi connectivity index (χ2n) is 8.25. The van der Waals surface area contributed by atoms with Crippen LogP contribution in [0.4, 0.5) is 8.78 Å². The minimum absolute atomic E-state index is 0.150. The highest BCUT2D eigenvalue weighted by molar-refractivity contribution is 5.20. The minimum Gasteiger partial charge on any atom is -0.207 e. The quantitative estimate of drug-likeness (QED) is 0.517. The van der Waals surface area contributed by atoms with Gasteiger partial charge >= 0.3 is 0 Å². The Morgan fingerprint density at radius 3 is 2.00 bits per heavy atom. The second-order valence-corrected chi connectivity index (χ2v) is 8.25. The summed E-state index contributed by atoms with van der Waals surface area (Å²) in [5.41, 5.74) is 1.29. The normalized spacial score (nSPS) is 30.0. The number of allylic oxidation sites excluding steroid dienone is 2. The predicted octanol–water partition coefficient (Wildman–Crippen LogP) is 7.06. The second kappa shape index (κ2) is 9.31. The molecule has 0 amide bonds. The van der Waals surface area contributed by atoms with E-state index in [0.29, 0.717) is 5.92 Å². The Bertz CT molecular complexity index is 627. The van der Waals surface area contributed by atoms with Crippen molar-refractivity contribution in [3.05, 3.63) is 47.5 Å². The monoisotopic (exact) mass is 357 g/mol. The lowest BCUT2D eigenvalue weighted by molar-refractivity contribution is 0.245. The lowest BCUT2D eigenvalue weighted by Crippen LogP contribution is -2.17. The zero-order chi connectivity index (χ0) is 18.4. The molecule has 2 aliphatic rings. The molecular formula is C23H29F2N. The summed E-state index contributed by atoms with van der Waals surface area (Å²) < 4.78 is 26.1. The van der Waals surface area contributed by atoms with Crippen molar-refractivity contribution in [2.45, 2.75) is 70.1 Å². The largest absolute Gasteiger partial charge is 0.207 e. The Morgan fingerprint density at radius 2 is 1.46 bits per heavy atom. The number of hydrogen-bond donors (Lipinski definition) is 0. The maximum absolute atomic E-state index is 13.1. The summed E-state index contributed by atoms with van der Waals surface area (Å²) in [7, 11) is 0. The van der Waals surface area contributed by atoms with Crippen molar-refractivity contribution in [2.24, 2.45) is 17.8 Å². The van der Waals surface area contributed by atoms with Crippen molar-refractivity contribution in [1.29, 1.82) is 5.26 Å². The number of nitrogens with zero attached hydrogens (tertiary/aromatic N) is 1. The van der Waals surface area contributed by atoms with Gasteiger partial charge in [0.2, 0.25) is 0 Å². The van der Waals surface area contributed by atoms with E-state index in [1.165, 1.54) is 63.0 Å². The number of nitriles is 1. The highest BCUT2D eigenvalue weighted by Crippen LogP contribution is 2.40. The van der Waals surface area contributed by atoms with E-state index >= 15 is 0 Å². The van der Waals surface area contributed by atoms with E-state index in [0.717, 1.165) is 24.7 Å². The van der Waals surface area contributed by atoms with Gasteiger partial charge in [0.25, 0.3) is 0 Å². The predicted molar refractivity (Wildman–Crippen MR) is 101 cm³/mol. The summed E-state index contributed by atoms with van der Waals surface area (Å²) in [5.74, 6) is 1.70. The zero-order valence-electron chi connectivity index (χ0n) is 15.5. The summed E-state index contributed by atoms with van der Waals surface area (Å²) in [6, 6.07) is 8.64. The van der Waals surface area contributed by atoms with Gasteiger partial charge in [-0.15, -0.1) is 0 Å². The smallest absolute Gasteiger partial charge is 0.196 e. The molecule has 1 aromatic carbocycles. The lowest BCUT2D eigenvalue weighted by Gasteiger charge is -2.31. The van der Waals surface area contributed by atoms with E-state index in [1.807, 2.05) is 12.1 Å². The summed E-state index contributed by atoms with van der Waals surface area (Å²) in [5, 5.41) is 8.54. The zero-order valence-corrected chi connectivity index (χ0v) is 15.5. The van der Waals surface area contributed by atoms with Gasteiger partial charge in [-0.3, -0.25) is 0 Å². The molecule has 2 fully saturated rings. The molecule has 2 aliphatic carbocycles. The van der Waals surface area contributed by atoms with Crippen LogP contribution >= 0.6 is 0 Å². The highest BCUT2D eigenvalue weighted by Gasteiger charge is 2.25. The van der Waals surface area contributed by atoms with E-state index in [2.05, 4.69) is 0 Å². The van der Waals surface area contributed by atoms with Crippen LogP contribution in [0.2, 0.25) is 0 Å². The first-order chi connectivity index (χ1) is 12.6. The molecule has 26 heavy (non-hydrogen) atoms. The molecule has 0 aromatic heterocycles. The maximum Gasteiger partial charge on any atom is 0.196 e. The molecule has 0 radical (unpaired) electrons. The van der Waals surface area contributed by atoms with E-state index < -0.39 is 5.83 Å². The minimum atomic E-state index is -0.619. The third-order valence-corrected chi connectivity index (χ3v) is 6.55. The van der Waals surface area contributed by atoms with Gasteiger partial charge in [0, 0.05) is 0 Å². The molecule has 0 unspecified atom stereocenters. The van der Waals surface area contributed by atoms with E-state index in [9.17, 15) is 8.78 Å². The summed E-state index contributed by atoms with van der Waals surface area (Å²) in [6.45, 7) is 0. The van der Waals surface area contributed by atoms with Crippen LogP contribution in [0.25, 0.3) is 0 Å². The molecule has 1 aromatic rings. The molecule has 1 nitrogen and oxygen atoms in total. The summed E-state index contributed by atoms with van der Waals surface area (Å²) in [4.78, 5) is 0. The SMILES string of the molecule is N#CC(F)=CC1CCC(CCC2CCC(c3ccc(F)cc3)CC2)CC1. The topological polar surface area (TPSA) is 23.8 Å². The van der Waals surface area contributed by atoms with Crippen LogP contribution in [0.3, 0.4) is 0 Å². The first-order valence-electron chi connectivity index (χ1n) is 10.2. The summed E-state index contributed by atoms with van der Waals surface area (Å²) in [6.07, 6.45) is 13.5. The van der Waals surface area contributed by atoms with Crippen molar-refractivity contribution in [3.63, 3.8) is 0 Å². The van der Waals surface area contributed by atoms with Gasteiger partial charge in [-0.25, -0.2) is 4.39 Å². The number of hydrogen-bond acceptors (Lipinski definition) is 1. The lowest BCUT2D eigenvalue weighted by atomic mass is 9.74. The first-order valence-corrected chi connectivity index (χ1v) is 10.2. The molecule has 0 saturated heterocycles. The van der Waals surface area contributed by atoms with E-state index in [4.69, 9.17) is 5.26 Å². The van der Waals surface area contributed by atoms with Crippen LogP contribution in [0, 0.1) is 34.9 Å². The third kappa shape index (κ3) is 5.40. The van der Waals surface area contributed by atoms with Gasteiger partial charge in [-0.05, 0) is 98.8 Å². The molecule has 140 valence electrons. The van der Waals surface area contributed by atoms with Crippen LogP contribution in [-0.2, 0) is 0 Å². The first kappa shape index (κ1) is 19.1. The number of benzene rings is 1. The molecule has 0 bridgehead atoms. The molecular weight excluding hydrogens is 328 g/mol. The molecule has 0 aliphatic heterocycles. The third-order valence-electron chi connectivity index (χ3n) is 6.55. The van der Waals surface area contributed by atoms with Crippen LogP contribution in [0.5, 0.6) is 0 Å². The molecule has 2 saturated carbocycles. The maximum atomic E-state index is 13.1. The van der Waals surface area contributed by atoms with Crippen molar-refractivity contribution in [1.82, 2.24) is 0 Å². The van der Waals surface area contributed by atoms with Crippen molar-refractivity contribution in [2.75, 3.05) is 0 Å². The standard InChI is InChI=1S/C23H29F2N/c24-22-13-11-21(12-14-22)20-9-7-18(8-10-20)2-1-17-3-5-19(6-4-17)15-23(25)16-26/h11-15,17-20H,1-10H2. The van der Waals surface area contributed by atoms with Crippen LogP contribution < -0.4 is 0 Å². The Hall–Kier alpha value is -1.69. The number of rotatable bonds is 5. The molecule has 3 heteroatoms. The fraction of sp³-hybridized carbons (Fsp3) is 0.609. The molecule has 3 rings (SSSR count). The average Bonchev–Trinajstić information content (AvgIpc) is 2.68. The fourth-order valence-corrected chi connectivity index (χ4v) is 4.88. The van der Waals surface area contributed by atoms with Gasteiger partial charge in [0.1, 0.15) is 11.9 Å². The molecule has 0 heterocycles. The van der Waals surface area contributed by atoms with Crippen molar-refractivity contribution < 1.29 is 8.78 Å². The van der Waals surface area contributed by atoms with Crippen LogP contribution in [0.1, 0.15) is 75.7 Å². The van der Waals surface area contributed by atoms with Crippen LogP contribution in [-0.4, -0.2) is 0 Å². The van der Waals surface area contributed by atoms with Crippen molar-refractivity contribution in [3.8, 4) is 6.07 Å². The molecule has 0 N–H and O–H groups in total. The highest BCUT2D eigenvalue weighted by atomic mass is 19.1. The molecule has 0 atom stereocenters. The van der Waals surface area contributed by atoms with E-state index in [-0.39, 0.29) is 11.7 Å². The van der Waals surface area contributed by atoms with Gasteiger partial charge in [-0.2, -0.15) is 9.65 Å². The average molecular weight is 357 g/mol. The Balaban J connectivity index is 1.36. The van der Waals surface area contributed by atoms with Gasteiger partial charge < -0.3 is 0 Å². The fourth-order valence-electron chi connectivity index (χ4n) is 4.88. The van der Waals surface area contributed by atoms with Crippen LogP contribution in [0.15, 0.2) is 36.2 Å². The number of halogens is 2. The Kier molecular flexibility index (Phi) is 6.83. The van der Waals surface area contributed by atoms with Gasteiger partial charge in [0.05, 0.1) is 0 Å². The molecule has 0 spiro atoms. The van der Waals surface area contributed by atoms with E-state index in [1.54, 1.807) is 18.2 Å². The van der Waals surface area contributed by atoms with Gasteiger partial charge in [0.15, 0.2) is 5.83 Å². The van der Waals surface area contributed by atoms with Gasteiger partial charge in [-0.1, -0.05) is 25.0 Å². The Labute approximate surface area is 156 Å². The summed E-state index contributed by atoms with van der Waals surface area (Å²) >= 11 is 0. The van der Waals surface area contributed by atoms with Crippen molar-refractivity contribution >= 4 is 0 Å².